The monoisotopic (exact) mass is 519 g/mol. The third-order valence-electron chi connectivity index (χ3n) is 6.16. The lowest BCUT2D eigenvalue weighted by Crippen LogP contribution is -2.38. The first kappa shape index (κ1) is 26.5. The van der Waals surface area contributed by atoms with Crippen molar-refractivity contribution < 1.29 is 36.6 Å². The maximum Gasteiger partial charge on any atom is 0.255 e. The van der Waals surface area contributed by atoms with Crippen LogP contribution in [0.5, 0.6) is 0 Å². The highest BCUT2D eigenvalue weighted by atomic mass is 35.5. The van der Waals surface area contributed by atoms with Gasteiger partial charge in [0.1, 0.15) is 0 Å². The summed E-state index contributed by atoms with van der Waals surface area (Å²) in [4.78, 5) is 12.4. The van der Waals surface area contributed by atoms with Crippen molar-refractivity contribution >= 4 is 33.0 Å². The fourth-order valence-electron chi connectivity index (χ4n) is 4.52. The standard InChI is InChI=1S/C23H25ClF3NO5S/c1-12-3-4-14(10-23(2,31)11-29)21(12)34(32,33)19-7-13(5-6-16(19)24)22(30)28-15-8-17(25)20(27)18(26)9-15/h5-9,12,14,21,29,31H,3-4,10-11H2,1-2H3,(H,28,30)/t12?,14?,21-,23-/m0/s1. The minimum absolute atomic E-state index is 0.0667. The number of hydrogen-bond donors (Lipinski definition) is 3. The second kappa shape index (κ2) is 9.85. The summed E-state index contributed by atoms with van der Waals surface area (Å²) in [5, 5.41) is 20.9. The second-order valence-corrected chi connectivity index (χ2v) is 11.5. The number of aliphatic hydroxyl groups excluding tert-OH is 1. The molecule has 1 saturated carbocycles. The van der Waals surface area contributed by atoms with Crippen LogP contribution in [0.4, 0.5) is 18.9 Å². The van der Waals surface area contributed by atoms with E-state index >= 15 is 0 Å². The minimum Gasteiger partial charge on any atom is -0.393 e. The van der Waals surface area contributed by atoms with Crippen LogP contribution in [0, 0.1) is 29.3 Å². The highest BCUT2D eigenvalue weighted by Crippen LogP contribution is 2.43. The summed E-state index contributed by atoms with van der Waals surface area (Å²) in [5.74, 6) is -6.25. The highest BCUT2D eigenvalue weighted by Gasteiger charge is 2.46. The van der Waals surface area contributed by atoms with Crippen LogP contribution in [0.15, 0.2) is 35.2 Å². The predicted octanol–water partition coefficient (Wildman–Crippen LogP) is 4.33. The van der Waals surface area contributed by atoms with Gasteiger partial charge < -0.3 is 15.5 Å². The van der Waals surface area contributed by atoms with Crippen molar-refractivity contribution in [1.29, 1.82) is 0 Å². The molecule has 1 fully saturated rings. The first-order valence-corrected chi connectivity index (χ1v) is 12.5. The molecule has 0 bridgehead atoms. The number of carbonyl (C=O) groups is 1. The topological polar surface area (TPSA) is 104 Å². The molecule has 0 spiro atoms. The summed E-state index contributed by atoms with van der Waals surface area (Å²) < 4.78 is 67.3. The van der Waals surface area contributed by atoms with E-state index in [0.29, 0.717) is 25.0 Å². The van der Waals surface area contributed by atoms with E-state index in [1.54, 1.807) is 6.92 Å². The molecule has 1 amide bonds. The van der Waals surface area contributed by atoms with Crippen molar-refractivity contribution in [1.82, 2.24) is 0 Å². The van der Waals surface area contributed by atoms with Gasteiger partial charge in [-0.3, -0.25) is 4.79 Å². The number of carbonyl (C=O) groups excluding carboxylic acids is 1. The molecule has 0 heterocycles. The summed E-state index contributed by atoms with van der Waals surface area (Å²) in [5.41, 5.74) is -1.94. The number of halogens is 4. The van der Waals surface area contributed by atoms with Gasteiger partial charge in [-0.15, -0.1) is 0 Å². The van der Waals surface area contributed by atoms with E-state index in [2.05, 4.69) is 5.32 Å². The quantitative estimate of drug-likeness (QED) is 0.472. The fourth-order valence-corrected chi connectivity index (χ4v) is 7.37. The molecule has 0 radical (unpaired) electrons. The van der Waals surface area contributed by atoms with E-state index in [-0.39, 0.29) is 33.5 Å². The Hall–Kier alpha value is -2.14. The van der Waals surface area contributed by atoms with Gasteiger partial charge in [0.05, 0.1) is 27.4 Å². The molecule has 34 heavy (non-hydrogen) atoms. The van der Waals surface area contributed by atoms with Gasteiger partial charge in [-0.25, -0.2) is 21.6 Å². The Kier molecular flexibility index (Phi) is 7.66. The maximum absolute atomic E-state index is 13.6. The molecule has 11 heteroatoms. The third kappa shape index (κ3) is 5.40. The van der Waals surface area contributed by atoms with Gasteiger partial charge >= 0.3 is 0 Å². The Labute approximate surface area is 200 Å². The summed E-state index contributed by atoms with van der Waals surface area (Å²) in [6.45, 7) is 2.68. The molecule has 2 unspecified atom stereocenters. The van der Waals surface area contributed by atoms with Crippen LogP contribution < -0.4 is 5.32 Å². The van der Waals surface area contributed by atoms with E-state index < -0.39 is 56.6 Å². The van der Waals surface area contributed by atoms with E-state index in [0.717, 1.165) is 6.07 Å². The minimum atomic E-state index is -4.07. The average molecular weight is 520 g/mol. The zero-order valence-electron chi connectivity index (χ0n) is 18.5. The number of sulfone groups is 1. The molecule has 2 aromatic rings. The molecule has 3 N–H and O–H groups in total. The van der Waals surface area contributed by atoms with Gasteiger partial charge in [0.25, 0.3) is 5.91 Å². The zero-order valence-corrected chi connectivity index (χ0v) is 20.1. The lowest BCUT2D eigenvalue weighted by Gasteiger charge is -2.29. The van der Waals surface area contributed by atoms with Crippen molar-refractivity contribution in [3.63, 3.8) is 0 Å². The largest absolute Gasteiger partial charge is 0.393 e. The molecular weight excluding hydrogens is 495 g/mol. The van der Waals surface area contributed by atoms with Crippen LogP contribution in [0.2, 0.25) is 5.02 Å². The average Bonchev–Trinajstić information content (AvgIpc) is 3.12. The summed E-state index contributed by atoms with van der Waals surface area (Å²) in [6.07, 6.45) is 1.19. The Balaban J connectivity index is 1.93. The molecule has 0 saturated heterocycles. The third-order valence-corrected chi connectivity index (χ3v) is 9.12. The predicted molar refractivity (Wildman–Crippen MR) is 121 cm³/mol. The molecule has 1 aliphatic carbocycles. The van der Waals surface area contributed by atoms with Crippen molar-refractivity contribution in [2.45, 2.75) is 48.9 Å². The smallest absolute Gasteiger partial charge is 0.255 e. The van der Waals surface area contributed by atoms with E-state index in [4.69, 9.17) is 11.6 Å². The first-order chi connectivity index (χ1) is 15.8. The summed E-state index contributed by atoms with van der Waals surface area (Å²) in [6, 6.07) is 4.76. The Morgan fingerprint density at radius 2 is 1.79 bits per heavy atom. The van der Waals surface area contributed by atoms with Gasteiger partial charge in [0.2, 0.25) is 0 Å². The van der Waals surface area contributed by atoms with Gasteiger partial charge in [-0.1, -0.05) is 18.5 Å². The van der Waals surface area contributed by atoms with Crippen LogP contribution >= 0.6 is 11.6 Å². The van der Waals surface area contributed by atoms with Crippen LogP contribution in [0.3, 0.4) is 0 Å². The van der Waals surface area contributed by atoms with E-state index in [1.807, 2.05) is 0 Å². The Bertz CT molecular complexity index is 1180. The van der Waals surface area contributed by atoms with Gasteiger partial charge in [-0.2, -0.15) is 0 Å². The van der Waals surface area contributed by atoms with E-state index in [9.17, 15) is 36.6 Å². The first-order valence-electron chi connectivity index (χ1n) is 10.6. The normalized spacial score (nSPS) is 22.4. The van der Waals surface area contributed by atoms with Crippen molar-refractivity contribution in [2.75, 3.05) is 11.9 Å². The molecule has 1 aliphatic rings. The van der Waals surface area contributed by atoms with Gasteiger partial charge in [-0.05, 0) is 56.2 Å². The summed E-state index contributed by atoms with van der Waals surface area (Å²) >= 11 is 6.20. The Morgan fingerprint density at radius 1 is 1.18 bits per heavy atom. The molecule has 6 nitrogen and oxygen atoms in total. The lowest BCUT2D eigenvalue weighted by molar-refractivity contribution is -0.0169. The number of nitrogens with one attached hydrogen (secondary N) is 1. The van der Waals surface area contributed by atoms with E-state index in [1.165, 1.54) is 19.1 Å². The zero-order chi connectivity index (χ0) is 25.4. The molecule has 186 valence electrons. The molecular formula is C23H25ClF3NO5S. The molecule has 0 aromatic heterocycles. The van der Waals surface area contributed by atoms with Crippen molar-refractivity contribution in [3.8, 4) is 0 Å². The molecule has 0 aliphatic heterocycles. The maximum atomic E-state index is 13.6. The van der Waals surface area contributed by atoms with Crippen molar-refractivity contribution in [3.05, 3.63) is 58.4 Å². The van der Waals surface area contributed by atoms with Gasteiger partial charge in [0, 0.05) is 23.4 Å². The van der Waals surface area contributed by atoms with Crippen LogP contribution in [-0.4, -0.2) is 42.0 Å². The van der Waals surface area contributed by atoms with Crippen LogP contribution in [0.1, 0.15) is 43.5 Å². The number of aliphatic hydroxyl groups is 2. The molecule has 2 aromatic carbocycles. The SMILES string of the molecule is CC1CCC(C[C@](C)(O)CO)[C@H]1S(=O)(=O)c1cc(C(=O)Nc2cc(F)c(F)c(F)c2)ccc1Cl. The molecule has 3 rings (SSSR count). The molecule has 4 atom stereocenters. The van der Waals surface area contributed by atoms with Crippen LogP contribution in [-0.2, 0) is 9.84 Å². The second-order valence-electron chi connectivity index (χ2n) is 9.04. The number of benzene rings is 2. The lowest BCUT2D eigenvalue weighted by atomic mass is 9.90. The van der Waals surface area contributed by atoms with Crippen LogP contribution in [0.25, 0.3) is 0 Å². The highest BCUT2D eigenvalue weighted by molar-refractivity contribution is 7.92. The number of anilines is 1. The number of amides is 1. The number of hydrogen-bond acceptors (Lipinski definition) is 5. The fraction of sp³-hybridized carbons (Fsp3) is 0.435. The Morgan fingerprint density at radius 3 is 2.38 bits per heavy atom. The summed E-state index contributed by atoms with van der Waals surface area (Å²) in [7, 11) is -4.07. The number of rotatable bonds is 7. The van der Waals surface area contributed by atoms with Crippen molar-refractivity contribution in [2.24, 2.45) is 11.8 Å². The van der Waals surface area contributed by atoms with Gasteiger partial charge in [0.15, 0.2) is 27.3 Å².